The molecular weight excluding hydrogens is 555 g/mol. The number of aryl methyl sites for hydroxylation is 1. The van der Waals surface area contributed by atoms with E-state index in [1.54, 1.807) is 16.7 Å². The monoisotopic (exact) mass is 581 g/mol. The van der Waals surface area contributed by atoms with E-state index in [4.69, 9.17) is 11.6 Å². The molecule has 1 N–H and O–H groups in total. The van der Waals surface area contributed by atoms with Crippen molar-refractivity contribution in [3.8, 4) is 0 Å². The van der Waals surface area contributed by atoms with Gasteiger partial charge in [0, 0.05) is 37.9 Å². The number of halogens is 4. The minimum atomic E-state index is -4.56. The maximum Gasteiger partial charge on any atom is 0.417 e. The van der Waals surface area contributed by atoms with E-state index in [2.05, 4.69) is 10.3 Å². The smallest absolute Gasteiger partial charge is 0.368 e. The lowest BCUT2D eigenvalue weighted by atomic mass is 10.1. The third-order valence-electron chi connectivity index (χ3n) is 7.33. The van der Waals surface area contributed by atoms with Crippen LogP contribution >= 0.6 is 22.9 Å². The van der Waals surface area contributed by atoms with E-state index in [1.807, 2.05) is 0 Å². The molecule has 2 fully saturated rings. The zero-order chi connectivity index (χ0) is 27.9. The molecule has 1 saturated heterocycles. The number of aromatic nitrogens is 2. The normalized spacial score (nSPS) is 16.7. The van der Waals surface area contributed by atoms with Gasteiger partial charge < -0.3 is 15.1 Å². The summed E-state index contributed by atoms with van der Waals surface area (Å²) in [5.74, 6) is -0.498. The third-order valence-corrected chi connectivity index (χ3v) is 8.85. The molecule has 0 bridgehead atoms. The number of carbonyl (C=O) groups is 2. The van der Waals surface area contributed by atoms with Gasteiger partial charge >= 0.3 is 6.18 Å². The predicted octanol–water partition coefficient (Wildman–Crippen LogP) is 4.46. The molecule has 1 saturated carbocycles. The van der Waals surface area contributed by atoms with Crippen LogP contribution < -0.4 is 15.8 Å². The van der Waals surface area contributed by atoms with Crippen LogP contribution in [-0.2, 0) is 17.5 Å². The molecule has 0 atom stereocenters. The van der Waals surface area contributed by atoms with Gasteiger partial charge in [-0.15, -0.1) is 11.3 Å². The fraction of sp³-hybridized carbons (Fsp3) is 0.462. The maximum atomic E-state index is 13.4. The number of rotatable bonds is 5. The minimum absolute atomic E-state index is 0.139. The molecule has 2 aromatic heterocycles. The molecule has 1 aromatic carbocycles. The van der Waals surface area contributed by atoms with Crippen molar-refractivity contribution in [3.05, 3.63) is 55.9 Å². The van der Waals surface area contributed by atoms with E-state index in [1.165, 1.54) is 23.0 Å². The number of carbonyl (C=O) groups excluding carboxylic acids is 2. The highest BCUT2D eigenvalue weighted by Crippen LogP contribution is 2.37. The first kappa shape index (κ1) is 27.4. The Kier molecular flexibility index (Phi) is 7.60. The van der Waals surface area contributed by atoms with E-state index in [0.717, 1.165) is 43.1 Å². The largest absolute Gasteiger partial charge is 0.417 e. The second-order valence-electron chi connectivity index (χ2n) is 9.90. The van der Waals surface area contributed by atoms with Crippen LogP contribution in [0.2, 0.25) is 5.02 Å². The number of amides is 2. The number of nitrogens with one attached hydrogen (secondary N) is 1. The minimum Gasteiger partial charge on any atom is -0.368 e. The first-order valence-corrected chi connectivity index (χ1v) is 13.9. The number of alkyl halides is 3. The van der Waals surface area contributed by atoms with Crippen LogP contribution in [0.15, 0.2) is 29.3 Å². The van der Waals surface area contributed by atoms with E-state index in [0.29, 0.717) is 52.5 Å². The van der Waals surface area contributed by atoms with E-state index in [-0.39, 0.29) is 35.0 Å². The molecule has 0 spiro atoms. The maximum absolute atomic E-state index is 13.4. The van der Waals surface area contributed by atoms with Crippen LogP contribution in [0, 0.1) is 6.92 Å². The Hall–Kier alpha value is -3.12. The third kappa shape index (κ3) is 5.62. The van der Waals surface area contributed by atoms with Gasteiger partial charge in [-0.3, -0.25) is 19.0 Å². The number of piperazine rings is 1. The first-order valence-electron chi connectivity index (χ1n) is 12.7. The Morgan fingerprint density at radius 1 is 1.15 bits per heavy atom. The number of fused-ring (bicyclic) bond motifs is 1. The molecular formula is C26H27ClF3N5O3S. The highest BCUT2D eigenvalue weighted by Gasteiger charge is 2.34. The van der Waals surface area contributed by atoms with Crippen molar-refractivity contribution in [3.63, 3.8) is 0 Å². The van der Waals surface area contributed by atoms with Crippen LogP contribution in [-0.4, -0.2) is 58.5 Å². The molecule has 0 radical (unpaired) electrons. The van der Waals surface area contributed by atoms with Gasteiger partial charge in [0.05, 0.1) is 27.2 Å². The molecule has 3 heterocycles. The topological polar surface area (TPSA) is 87.5 Å². The summed E-state index contributed by atoms with van der Waals surface area (Å²) in [6.45, 7) is 2.84. The molecule has 3 aromatic rings. The first-order chi connectivity index (χ1) is 18.5. The van der Waals surface area contributed by atoms with Gasteiger partial charge in [-0.1, -0.05) is 24.4 Å². The second-order valence-corrected chi connectivity index (χ2v) is 11.3. The number of hydrogen-bond acceptors (Lipinski definition) is 6. The van der Waals surface area contributed by atoms with Gasteiger partial charge in [0.2, 0.25) is 5.91 Å². The predicted molar refractivity (Wildman–Crippen MR) is 144 cm³/mol. The Labute approximate surface area is 231 Å². The zero-order valence-corrected chi connectivity index (χ0v) is 22.8. The summed E-state index contributed by atoms with van der Waals surface area (Å²) in [6, 6.07) is 3.94. The lowest BCUT2D eigenvalue weighted by molar-refractivity contribution is -0.137. The van der Waals surface area contributed by atoms with E-state index >= 15 is 0 Å². The summed E-state index contributed by atoms with van der Waals surface area (Å²) >= 11 is 6.87. The van der Waals surface area contributed by atoms with Gasteiger partial charge in [-0.2, -0.15) is 13.2 Å². The Morgan fingerprint density at radius 3 is 2.51 bits per heavy atom. The molecule has 5 rings (SSSR count). The summed E-state index contributed by atoms with van der Waals surface area (Å²) in [5, 5.41) is 2.92. The van der Waals surface area contributed by atoms with Crippen LogP contribution in [0.4, 0.5) is 18.9 Å². The van der Waals surface area contributed by atoms with Crippen molar-refractivity contribution in [2.24, 2.45) is 0 Å². The van der Waals surface area contributed by atoms with Crippen molar-refractivity contribution < 1.29 is 22.8 Å². The van der Waals surface area contributed by atoms with Crippen molar-refractivity contribution in [1.29, 1.82) is 0 Å². The number of nitrogens with zero attached hydrogens (tertiary/aromatic N) is 4. The summed E-state index contributed by atoms with van der Waals surface area (Å²) in [4.78, 5) is 47.6. The highest BCUT2D eigenvalue weighted by atomic mass is 35.5. The second kappa shape index (κ2) is 10.8. The van der Waals surface area contributed by atoms with Crippen molar-refractivity contribution >= 4 is 50.7 Å². The quantitative estimate of drug-likeness (QED) is 0.481. The Morgan fingerprint density at radius 2 is 1.85 bits per heavy atom. The SMILES string of the molecule is Cc1c(C(=O)N2CCN(c3ccc(Cl)c(C(F)(F)F)c3)CC2)sc2ncn(CC(=O)NC3CCCC3)c(=O)c12. The van der Waals surface area contributed by atoms with Crippen molar-refractivity contribution in [2.75, 3.05) is 31.1 Å². The molecule has 39 heavy (non-hydrogen) atoms. The highest BCUT2D eigenvalue weighted by molar-refractivity contribution is 7.20. The lowest BCUT2D eigenvalue weighted by Gasteiger charge is -2.36. The van der Waals surface area contributed by atoms with Gasteiger partial charge in [-0.25, -0.2) is 4.98 Å². The lowest BCUT2D eigenvalue weighted by Crippen LogP contribution is -2.48. The molecule has 1 aliphatic heterocycles. The summed E-state index contributed by atoms with van der Waals surface area (Å²) in [7, 11) is 0. The Balaban J connectivity index is 1.29. The van der Waals surface area contributed by atoms with E-state index < -0.39 is 11.7 Å². The molecule has 1 aliphatic carbocycles. The number of anilines is 1. The standard InChI is InChI=1S/C26H27ClF3N5O3S/c1-15-21-23(31-14-35(24(21)37)13-20(36)32-16-4-2-3-5-16)39-22(15)25(38)34-10-8-33(9-11-34)17-6-7-19(27)18(12-17)26(28,29)30/h6-7,12,14,16H,2-5,8-11,13H2,1H3,(H,32,36). The summed E-state index contributed by atoms with van der Waals surface area (Å²) < 4.78 is 41.1. The molecule has 13 heteroatoms. The molecule has 8 nitrogen and oxygen atoms in total. The van der Waals surface area contributed by atoms with Gasteiger partial charge in [0.1, 0.15) is 11.4 Å². The van der Waals surface area contributed by atoms with Gasteiger partial charge in [-0.05, 0) is 43.5 Å². The average molecular weight is 582 g/mol. The number of benzene rings is 1. The van der Waals surface area contributed by atoms with E-state index in [9.17, 15) is 27.6 Å². The number of hydrogen-bond donors (Lipinski definition) is 1. The van der Waals surface area contributed by atoms with Gasteiger partial charge in [0.15, 0.2) is 0 Å². The van der Waals surface area contributed by atoms with Crippen LogP contribution in [0.5, 0.6) is 0 Å². The molecule has 208 valence electrons. The Bertz CT molecular complexity index is 1470. The summed E-state index contributed by atoms with van der Waals surface area (Å²) in [6.07, 6.45) is 0.821. The average Bonchev–Trinajstić information content (AvgIpc) is 3.53. The fourth-order valence-electron chi connectivity index (χ4n) is 5.21. The molecule has 2 aliphatic rings. The van der Waals surface area contributed by atoms with Crippen LogP contribution in [0.3, 0.4) is 0 Å². The summed E-state index contributed by atoms with van der Waals surface area (Å²) in [5.41, 5.74) is -0.366. The van der Waals surface area contributed by atoms with Crippen molar-refractivity contribution in [2.45, 2.75) is 51.4 Å². The van der Waals surface area contributed by atoms with Crippen molar-refractivity contribution in [1.82, 2.24) is 19.8 Å². The number of thiophene rings is 1. The molecule has 0 unspecified atom stereocenters. The fourth-order valence-corrected chi connectivity index (χ4v) is 6.54. The zero-order valence-electron chi connectivity index (χ0n) is 21.2. The van der Waals surface area contributed by atoms with Crippen LogP contribution in [0.25, 0.3) is 10.2 Å². The van der Waals surface area contributed by atoms with Gasteiger partial charge in [0.25, 0.3) is 11.5 Å². The van der Waals surface area contributed by atoms with Crippen LogP contribution in [0.1, 0.15) is 46.5 Å². The molecule has 2 amide bonds.